The van der Waals surface area contributed by atoms with Gasteiger partial charge >= 0.3 is 12.2 Å². The highest BCUT2D eigenvalue weighted by atomic mass is 32.2. The number of rotatable bonds is 8. The van der Waals surface area contributed by atoms with Crippen LogP contribution in [-0.4, -0.2) is 80.3 Å². The van der Waals surface area contributed by atoms with E-state index in [9.17, 15) is 37.8 Å². The molecular formula is C36H34N2O10S2. The molecule has 0 aliphatic carbocycles. The number of carbonyl (C=O) groups excluding carboxylic acids is 4. The molecule has 2 atom stereocenters. The summed E-state index contributed by atoms with van der Waals surface area (Å²) in [4.78, 5) is 51.2. The molecular weight excluding hydrogens is 685 g/mol. The second kappa shape index (κ2) is 16.1. The monoisotopic (exact) mass is 718 g/mol. The van der Waals surface area contributed by atoms with Gasteiger partial charge in [0.2, 0.25) is 0 Å². The highest BCUT2D eigenvalue weighted by molar-refractivity contribution is 7.85. The number of carbonyl (C=O) groups is 4. The van der Waals surface area contributed by atoms with Gasteiger partial charge in [-0.3, -0.25) is 28.6 Å². The summed E-state index contributed by atoms with van der Waals surface area (Å²) in [5, 5.41) is 23.6. The lowest BCUT2D eigenvalue weighted by atomic mass is 9.83. The summed E-state index contributed by atoms with van der Waals surface area (Å²) in [6.07, 6.45) is -1.56. The first-order valence-electron chi connectivity index (χ1n) is 15.4. The van der Waals surface area contributed by atoms with Crippen LogP contribution in [0.1, 0.15) is 20.7 Å². The Balaban J connectivity index is 0.000000253. The van der Waals surface area contributed by atoms with E-state index in [4.69, 9.17) is 9.47 Å². The van der Waals surface area contributed by atoms with Crippen LogP contribution in [0.25, 0.3) is 0 Å². The Morgan fingerprint density at radius 3 is 1.36 bits per heavy atom. The molecule has 4 aromatic rings. The van der Waals surface area contributed by atoms with Crippen LogP contribution in [0.3, 0.4) is 0 Å². The quantitative estimate of drug-likeness (QED) is 0.203. The number of ketones is 2. The molecule has 0 bridgehead atoms. The summed E-state index contributed by atoms with van der Waals surface area (Å²) in [5.41, 5.74) is -1.16. The Bertz CT molecular complexity index is 1860. The van der Waals surface area contributed by atoms with Crippen LogP contribution in [0.15, 0.2) is 119 Å². The summed E-state index contributed by atoms with van der Waals surface area (Å²) in [6, 6.07) is 30.5. The normalized spacial score (nSPS) is 18.3. The molecule has 2 amide bonds. The predicted molar refractivity (Wildman–Crippen MR) is 186 cm³/mol. The molecule has 14 heteroatoms. The van der Waals surface area contributed by atoms with Crippen molar-refractivity contribution in [2.75, 3.05) is 48.6 Å². The molecule has 0 saturated carbocycles. The Hall–Kier alpha value is -5.02. The smallest absolute Gasteiger partial charge is 0.411 e. The van der Waals surface area contributed by atoms with Gasteiger partial charge in [0.15, 0.2) is 11.6 Å². The molecule has 2 heterocycles. The molecule has 0 aromatic heterocycles. The van der Waals surface area contributed by atoms with Gasteiger partial charge < -0.3 is 19.7 Å². The van der Waals surface area contributed by atoms with Crippen LogP contribution < -0.4 is 10.6 Å². The number of fused-ring (bicyclic) bond motifs is 2. The van der Waals surface area contributed by atoms with E-state index in [1.54, 1.807) is 109 Å². The number of nitrogens with one attached hydrogen (secondary N) is 2. The highest BCUT2D eigenvalue weighted by Gasteiger charge is 2.48. The number of para-hydroxylation sites is 2. The standard InChI is InChI=1S/C25H22N2O6S.C11H12O4S/c28-22-20-13-7-8-14-21(20)34(31)17-25(22,15-32-23(29)26-18-9-3-1-4-10-18)16-33-24(30)27-19-11-5-2-6-12-19;12-5-11(6-13)7-16(15)9-4-2-1-3-8(9)10(11)14/h1-14H,15-17H2,(H,26,29)(H,27,30);1-4,12-13H,5-7H2. The van der Waals surface area contributed by atoms with Gasteiger partial charge in [-0.1, -0.05) is 72.8 Å². The first-order valence-corrected chi connectivity index (χ1v) is 18.0. The molecule has 12 nitrogen and oxygen atoms in total. The van der Waals surface area contributed by atoms with Crippen molar-refractivity contribution < 1.29 is 47.3 Å². The molecule has 0 radical (unpaired) electrons. The molecule has 2 unspecified atom stereocenters. The number of amides is 2. The van der Waals surface area contributed by atoms with E-state index in [0.29, 0.717) is 26.7 Å². The van der Waals surface area contributed by atoms with E-state index >= 15 is 0 Å². The summed E-state index contributed by atoms with van der Waals surface area (Å²) in [7, 11) is -2.90. The van der Waals surface area contributed by atoms with Gasteiger partial charge in [0.25, 0.3) is 0 Å². The summed E-state index contributed by atoms with van der Waals surface area (Å²) >= 11 is 0. The van der Waals surface area contributed by atoms with E-state index in [-0.39, 0.29) is 22.9 Å². The third-order valence-electron chi connectivity index (χ3n) is 8.14. The third kappa shape index (κ3) is 8.05. The molecule has 4 N–H and O–H groups in total. The Morgan fingerprint density at radius 1 is 0.580 bits per heavy atom. The number of hydrogen-bond acceptors (Lipinski definition) is 10. The van der Waals surface area contributed by atoms with E-state index in [1.165, 1.54) is 0 Å². The fraction of sp³-hybridized carbons (Fsp3) is 0.222. The van der Waals surface area contributed by atoms with Crippen molar-refractivity contribution in [1.29, 1.82) is 0 Å². The maximum atomic E-state index is 13.5. The predicted octanol–water partition coefficient (Wildman–Crippen LogP) is 4.44. The van der Waals surface area contributed by atoms with Crippen molar-refractivity contribution >= 4 is 56.7 Å². The summed E-state index contributed by atoms with van der Waals surface area (Å²) < 4.78 is 35.6. The van der Waals surface area contributed by atoms with Gasteiger partial charge in [0.05, 0.1) is 40.2 Å². The zero-order chi connectivity index (χ0) is 35.7. The van der Waals surface area contributed by atoms with Crippen LogP contribution in [-0.2, 0) is 31.1 Å². The van der Waals surface area contributed by atoms with Gasteiger partial charge in [-0.2, -0.15) is 0 Å². The Morgan fingerprint density at radius 2 is 0.940 bits per heavy atom. The maximum Gasteiger partial charge on any atom is 0.411 e. The molecule has 4 aromatic carbocycles. The lowest BCUT2D eigenvalue weighted by Crippen LogP contribution is -2.49. The van der Waals surface area contributed by atoms with E-state index in [2.05, 4.69) is 10.6 Å². The van der Waals surface area contributed by atoms with E-state index in [1.807, 2.05) is 0 Å². The minimum absolute atomic E-state index is 0.0180. The zero-order valence-electron chi connectivity index (χ0n) is 26.6. The molecule has 260 valence electrons. The number of aliphatic hydroxyl groups is 2. The molecule has 2 aliphatic heterocycles. The van der Waals surface area contributed by atoms with E-state index in [0.717, 1.165) is 0 Å². The number of Topliss-reactive ketones (excluding diaryl/α,β-unsaturated/α-hetero) is 2. The minimum atomic E-state index is -1.55. The van der Waals surface area contributed by atoms with Crippen molar-refractivity contribution in [2.24, 2.45) is 10.8 Å². The zero-order valence-corrected chi connectivity index (χ0v) is 28.2. The SMILES string of the molecule is O=C(Nc1ccccc1)OCC1(COC(=O)Nc2ccccc2)CS(=O)c2ccccc2C1=O.O=C1c2ccccc2S(=O)CC1(CO)CO. The topological polar surface area (TPSA) is 185 Å². The second-order valence-electron chi connectivity index (χ2n) is 11.6. The first kappa shape index (κ1) is 36.3. The molecule has 50 heavy (non-hydrogen) atoms. The minimum Gasteiger partial charge on any atom is -0.448 e. The second-order valence-corrected chi connectivity index (χ2v) is 14.5. The van der Waals surface area contributed by atoms with Crippen molar-refractivity contribution in [3.05, 3.63) is 120 Å². The number of benzene rings is 4. The Kier molecular flexibility index (Phi) is 11.7. The Labute approximate surface area is 292 Å². The number of aliphatic hydroxyl groups excluding tert-OH is 2. The lowest BCUT2D eigenvalue weighted by Gasteiger charge is -2.34. The van der Waals surface area contributed by atoms with Gasteiger partial charge in [0, 0.05) is 43.8 Å². The average molecular weight is 719 g/mol. The van der Waals surface area contributed by atoms with Crippen molar-refractivity contribution in [2.45, 2.75) is 9.79 Å². The molecule has 2 aliphatic rings. The largest absolute Gasteiger partial charge is 0.448 e. The van der Waals surface area contributed by atoms with Crippen molar-refractivity contribution in [3.8, 4) is 0 Å². The molecule has 0 saturated heterocycles. The van der Waals surface area contributed by atoms with Crippen LogP contribution in [0, 0.1) is 10.8 Å². The number of anilines is 2. The van der Waals surface area contributed by atoms with Gasteiger partial charge in [-0.05, 0) is 36.4 Å². The average Bonchev–Trinajstić information content (AvgIpc) is 3.15. The van der Waals surface area contributed by atoms with Gasteiger partial charge in [-0.15, -0.1) is 0 Å². The summed E-state index contributed by atoms with van der Waals surface area (Å²) in [6.45, 7) is -1.79. The van der Waals surface area contributed by atoms with Gasteiger partial charge in [-0.25, -0.2) is 9.59 Å². The third-order valence-corrected chi connectivity index (χ3v) is 11.5. The lowest BCUT2D eigenvalue weighted by molar-refractivity contribution is 0.0382. The van der Waals surface area contributed by atoms with Crippen molar-refractivity contribution in [3.63, 3.8) is 0 Å². The first-order chi connectivity index (χ1) is 24.1. The van der Waals surface area contributed by atoms with Gasteiger partial charge in [0.1, 0.15) is 18.6 Å². The van der Waals surface area contributed by atoms with Crippen LogP contribution >= 0.6 is 0 Å². The molecule has 0 fully saturated rings. The number of ether oxygens (including phenoxy) is 2. The van der Waals surface area contributed by atoms with Crippen LogP contribution in [0.2, 0.25) is 0 Å². The molecule has 6 rings (SSSR count). The number of hydrogen-bond donors (Lipinski definition) is 4. The highest BCUT2D eigenvalue weighted by Crippen LogP contribution is 2.36. The summed E-state index contributed by atoms with van der Waals surface area (Å²) in [5.74, 6) is -0.897. The van der Waals surface area contributed by atoms with E-state index < -0.39 is 76.8 Å². The fourth-order valence-electron chi connectivity index (χ4n) is 5.36. The molecule has 0 spiro atoms. The van der Waals surface area contributed by atoms with Crippen LogP contribution in [0.4, 0.5) is 21.0 Å². The van der Waals surface area contributed by atoms with Crippen LogP contribution in [0.5, 0.6) is 0 Å². The fourth-order valence-corrected chi connectivity index (χ4v) is 8.56. The maximum absolute atomic E-state index is 13.5. The van der Waals surface area contributed by atoms with Crippen molar-refractivity contribution in [1.82, 2.24) is 0 Å².